The number of nitrogens with zero attached hydrogens (tertiary/aromatic N) is 3. The average molecular weight is 348 g/mol. The summed E-state index contributed by atoms with van der Waals surface area (Å²) in [6.45, 7) is 1.07. The highest BCUT2D eigenvalue weighted by molar-refractivity contribution is 8.13. The molecule has 0 spiro atoms. The third kappa shape index (κ3) is 2.66. The predicted molar refractivity (Wildman–Crippen MR) is 94.9 cm³/mol. The zero-order valence-corrected chi connectivity index (χ0v) is 14.6. The number of rotatable bonds is 2. The third-order valence-electron chi connectivity index (χ3n) is 4.71. The van der Waals surface area contributed by atoms with Crippen LogP contribution in [0.1, 0.15) is 18.2 Å². The molecular formula is C17H18ClN3OS. The van der Waals surface area contributed by atoms with Crippen LogP contribution in [-0.4, -0.2) is 35.1 Å². The van der Waals surface area contributed by atoms with Gasteiger partial charge in [0.05, 0.1) is 6.04 Å². The van der Waals surface area contributed by atoms with E-state index in [0.29, 0.717) is 10.9 Å². The van der Waals surface area contributed by atoms with E-state index < -0.39 is 0 Å². The van der Waals surface area contributed by atoms with Gasteiger partial charge in [0, 0.05) is 30.2 Å². The van der Waals surface area contributed by atoms with E-state index in [1.54, 1.807) is 11.8 Å². The molecule has 1 aromatic carbocycles. The Labute approximate surface area is 144 Å². The Balaban J connectivity index is 1.65. The Hall–Kier alpha value is -1.46. The number of halogens is 1. The maximum atomic E-state index is 6.07. The van der Waals surface area contributed by atoms with Crippen LogP contribution in [-0.2, 0) is 0 Å². The lowest BCUT2D eigenvalue weighted by Gasteiger charge is -2.27. The number of thioether (sulfide) groups is 1. The lowest BCUT2D eigenvalue weighted by molar-refractivity contribution is 0.325. The molecule has 0 unspecified atom stereocenters. The fourth-order valence-corrected chi connectivity index (χ4v) is 4.38. The molecule has 6 heteroatoms. The molecule has 23 heavy (non-hydrogen) atoms. The lowest BCUT2D eigenvalue weighted by atomic mass is 10.1. The molecule has 3 atom stereocenters. The number of amidine groups is 1. The maximum Gasteiger partial charge on any atom is 0.167 e. The molecule has 120 valence electrons. The first-order valence-electron chi connectivity index (χ1n) is 7.71. The highest BCUT2D eigenvalue weighted by Crippen LogP contribution is 2.56. The molecule has 0 bridgehead atoms. The van der Waals surface area contributed by atoms with Crippen molar-refractivity contribution in [1.29, 1.82) is 0 Å². The highest BCUT2D eigenvalue weighted by Gasteiger charge is 2.54. The van der Waals surface area contributed by atoms with Gasteiger partial charge in [0.15, 0.2) is 10.9 Å². The monoisotopic (exact) mass is 347 g/mol. The van der Waals surface area contributed by atoms with Crippen LogP contribution in [0.5, 0.6) is 0 Å². The highest BCUT2D eigenvalue weighted by atomic mass is 35.5. The Morgan fingerprint density at radius 2 is 2.30 bits per heavy atom. The molecule has 2 fully saturated rings. The number of fused-ring (bicyclic) bond motifs is 1. The predicted octanol–water partition coefficient (Wildman–Crippen LogP) is 4.34. The first-order chi connectivity index (χ1) is 11.2. The summed E-state index contributed by atoms with van der Waals surface area (Å²) in [6, 6.07) is 10.0. The molecule has 1 aromatic heterocycles. The van der Waals surface area contributed by atoms with Crippen molar-refractivity contribution in [2.75, 3.05) is 19.8 Å². The molecule has 1 saturated carbocycles. The van der Waals surface area contributed by atoms with Gasteiger partial charge < -0.3 is 9.42 Å². The van der Waals surface area contributed by atoms with Gasteiger partial charge >= 0.3 is 0 Å². The van der Waals surface area contributed by atoms with Gasteiger partial charge in [-0.25, -0.2) is 0 Å². The number of aliphatic imine (C=N–C) groups is 1. The number of aromatic nitrogens is 1. The smallest absolute Gasteiger partial charge is 0.167 e. The molecular weight excluding hydrogens is 330 g/mol. The van der Waals surface area contributed by atoms with Crippen molar-refractivity contribution < 1.29 is 4.52 Å². The zero-order valence-electron chi connectivity index (χ0n) is 13.1. The normalized spacial score (nSPS) is 26.5. The van der Waals surface area contributed by atoms with Gasteiger partial charge in [-0.15, -0.1) is 0 Å². The largest absolute Gasteiger partial charge is 0.356 e. The standard InChI is InChI=1S/C17H18ClN3OS/c1-19-17(23-2)21-9-11-7-13(11)16(21)14-8-15(22-20-14)10-4-3-5-12(18)6-10/h3-6,8,11,13,16H,7,9H2,1-2H3/t11-,13-,16-/m1/s1. The van der Waals surface area contributed by atoms with Crippen molar-refractivity contribution in [3.63, 3.8) is 0 Å². The van der Waals surface area contributed by atoms with E-state index in [4.69, 9.17) is 16.1 Å². The second-order valence-corrected chi connectivity index (χ2v) is 7.30. The fourth-order valence-electron chi connectivity index (χ4n) is 3.58. The molecule has 1 aliphatic heterocycles. The summed E-state index contributed by atoms with van der Waals surface area (Å²) in [5, 5.41) is 6.14. The van der Waals surface area contributed by atoms with Gasteiger partial charge in [-0.1, -0.05) is 40.7 Å². The van der Waals surface area contributed by atoms with Crippen molar-refractivity contribution in [2.24, 2.45) is 16.8 Å². The number of likely N-dealkylation sites (tertiary alicyclic amines) is 1. The summed E-state index contributed by atoms with van der Waals surface area (Å²) in [6.07, 6.45) is 3.36. The first-order valence-corrected chi connectivity index (χ1v) is 9.31. The quantitative estimate of drug-likeness (QED) is 0.598. The topological polar surface area (TPSA) is 41.6 Å². The van der Waals surface area contributed by atoms with Crippen LogP contribution in [0.25, 0.3) is 11.3 Å². The van der Waals surface area contributed by atoms with E-state index in [-0.39, 0.29) is 6.04 Å². The van der Waals surface area contributed by atoms with E-state index in [9.17, 15) is 0 Å². The van der Waals surface area contributed by atoms with Crippen LogP contribution in [0.2, 0.25) is 5.02 Å². The van der Waals surface area contributed by atoms with E-state index in [0.717, 1.165) is 34.6 Å². The minimum Gasteiger partial charge on any atom is -0.356 e. The minimum absolute atomic E-state index is 0.280. The fraction of sp³-hybridized carbons (Fsp3) is 0.412. The van der Waals surface area contributed by atoms with E-state index in [1.807, 2.05) is 31.3 Å². The van der Waals surface area contributed by atoms with Crippen molar-refractivity contribution in [3.8, 4) is 11.3 Å². The second kappa shape index (κ2) is 5.87. The van der Waals surface area contributed by atoms with E-state index >= 15 is 0 Å². The van der Waals surface area contributed by atoms with Gasteiger partial charge in [0.2, 0.25) is 0 Å². The van der Waals surface area contributed by atoms with E-state index in [2.05, 4.69) is 27.4 Å². The number of hydrogen-bond donors (Lipinski definition) is 0. The van der Waals surface area contributed by atoms with Crippen LogP contribution >= 0.6 is 23.4 Å². The van der Waals surface area contributed by atoms with Gasteiger partial charge in [-0.05, 0) is 36.6 Å². The number of hydrogen-bond acceptors (Lipinski definition) is 4. The summed E-state index contributed by atoms with van der Waals surface area (Å²) in [7, 11) is 1.85. The van der Waals surface area contributed by atoms with Gasteiger partial charge in [0.1, 0.15) is 5.69 Å². The molecule has 4 rings (SSSR count). The maximum absolute atomic E-state index is 6.07. The van der Waals surface area contributed by atoms with Crippen molar-refractivity contribution >= 4 is 28.5 Å². The average Bonchev–Trinajstić information content (AvgIpc) is 2.98. The Kier molecular flexibility index (Phi) is 3.85. The summed E-state index contributed by atoms with van der Waals surface area (Å²) < 4.78 is 5.60. The summed E-state index contributed by atoms with van der Waals surface area (Å²) in [5.74, 6) is 2.22. The van der Waals surface area contributed by atoms with Crippen molar-refractivity contribution in [1.82, 2.24) is 10.1 Å². The molecule has 0 N–H and O–H groups in total. The van der Waals surface area contributed by atoms with Crippen LogP contribution in [0.15, 0.2) is 39.8 Å². The third-order valence-corrected chi connectivity index (χ3v) is 5.73. The Morgan fingerprint density at radius 3 is 3.04 bits per heavy atom. The zero-order chi connectivity index (χ0) is 16.0. The molecule has 4 nitrogen and oxygen atoms in total. The number of piperidine rings is 1. The molecule has 2 heterocycles. The summed E-state index contributed by atoms with van der Waals surface area (Å²) in [5.41, 5.74) is 1.96. The van der Waals surface area contributed by atoms with Gasteiger partial charge in [0.25, 0.3) is 0 Å². The van der Waals surface area contributed by atoms with Gasteiger partial charge in [-0.3, -0.25) is 4.99 Å². The molecule has 1 saturated heterocycles. The Morgan fingerprint density at radius 1 is 1.43 bits per heavy atom. The summed E-state index contributed by atoms with van der Waals surface area (Å²) in [4.78, 5) is 6.80. The molecule has 1 aliphatic carbocycles. The van der Waals surface area contributed by atoms with Crippen LogP contribution in [0.3, 0.4) is 0 Å². The number of benzene rings is 1. The SMILES string of the molecule is CN=C(SC)N1C[C@H]2C[C@H]2[C@@H]1c1cc(-c2cccc(Cl)c2)on1. The Bertz CT molecular complexity index is 760. The van der Waals surface area contributed by atoms with Crippen LogP contribution in [0, 0.1) is 11.8 Å². The second-order valence-electron chi connectivity index (χ2n) is 6.09. The molecule has 2 aliphatic rings. The van der Waals surface area contributed by atoms with Gasteiger partial charge in [-0.2, -0.15) is 0 Å². The molecule has 2 aromatic rings. The van der Waals surface area contributed by atoms with Crippen LogP contribution in [0.4, 0.5) is 0 Å². The van der Waals surface area contributed by atoms with Crippen molar-refractivity contribution in [2.45, 2.75) is 12.5 Å². The molecule has 0 radical (unpaired) electrons. The minimum atomic E-state index is 0.280. The first kappa shape index (κ1) is 15.1. The summed E-state index contributed by atoms with van der Waals surface area (Å²) >= 11 is 7.77. The van der Waals surface area contributed by atoms with E-state index in [1.165, 1.54) is 6.42 Å². The molecule has 0 amide bonds. The van der Waals surface area contributed by atoms with Crippen molar-refractivity contribution in [3.05, 3.63) is 41.0 Å². The lowest BCUT2D eigenvalue weighted by Crippen LogP contribution is -2.31. The van der Waals surface area contributed by atoms with Crippen LogP contribution < -0.4 is 0 Å².